The largest absolute Gasteiger partial charge is 0.497 e. The highest BCUT2D eigenvalue weighted by Crippen LogP contribution is 2.22. The second kappa shape index (κ2) is 13.8. The van der Waals surface area contributed by atoms with Crippen molar-refractivity contribution in [1.29, 1.82) is 0 Å². The molecule has 1 aliphatic heterocycles. The lowest BCUT2D eigenvalue weighted by atomic mass is 10.1. The fourth-order valence-corrected chi connectivity index (χ4v) is 5.21. The Labute approximate surface area is 247 Å². The Morgan fingerprint density at radius 3 is 2.31 bits per heavy atom. The summed E-state index contributed by atoms with van der Waals surface area (Å²) in [5.74, 6) is 1.44. The summed E-state index contributed by atoms with van der Waals surface area (Å²) < 4.78 is 5.24. The maximum Gasteiger partial charge on any atom is 0.254 e. The molecule has 5 rings (SSSR count). The van der Waals surface area contributed by atoms with Gasteiger partial charge in [-0.1, -0.05) is 48.5 Å². The van der Waals surface area contributed by atoms with Crippen LogP contribution in [0.1, 0.15) is 27.9 Å². The number of aryl methyl sites for hydroxylation is 1. The van der Waals surface area contributed by atoms with E-state index in [0.29, 0.717) is 38.2 Å². The molecule has 0 radical (unpaired) electrons. The van der Waals surface area contributed by atoms with Gasteiger partial charge in [-0.05, 0) is 73.4 Å². The first-order chi connectivity index (χ1) is 20.5. The third-order valence-electron chi connectivity index (χ3n) is 7.71. The zero-order chi connectivity index (χ0) is 29.3. The summed E-state index contributed by atoms with van der Waals surface area (Å²) in [7, 11) is 1.65. The number of methoxy groups -OCH3 is 1. The standard InChI is InChI=1S/C34H37N5O3/c1-26-9-6-7-12-30(26)34(41)39(22-19-27-10-4-3-5-11-27)25-33(40)38-21-8-20-37(23-24-38)32-18-17-31(35-36-32)28-13-15-29(42-2)16-14-28/h3-7,9-18H,8,19-25H2,1-2H3. The van der Waals surface area contributed by atoms with Gasteiger partial charge in [-0.3, -0.25) is 9.59 Å². The Morgan fingerprint density at radius 2 is 1.60 bits per heavy atom. The maximum atomic E-state index is 13.6. The number of aromatic nitrogens is 2. The quantitative estimate of drug-likeness (QED) is 0.289. The molecule has 0 spiro atoms. The number of hydrogen-bond acceptors (Lipinski definition) is 6. The van der Waals surface area contributed by atoms with Crippen molar-refractivity contribution in [2.45, 2.75) is 19.8 Å². The van der Waals surface area contributed by atoms with Crippen LogP contribution in [-0.2, 0) is 11.2 Å². The van der Waals surface area contributed by atoms with E-state index in [0.717, 1.165) is 46.9 Å². The zero-order valence-electron chi connectivity index (χ0n) is 24.3. The minimum Gasteiger partial charge on any atom is -0.497 e. The maximum absolute atomic E-state index is 13.6. The van der Waals surface area contributed by atoms with Crippen LogP contribution < -0.4 is 9.64 Å². The summed E-state index contributed by atoms with van der Waals surface area (Å²) in [6.07, 6.45) is 1.49. The van der Waals surface area contributed by atoms with Gasteiger partial charge in [-0.2, -0.15) is 0 Å². The smallest absolute Gasteiger partial charge is 0.254 e. The number of amides is 2. The molecule has 1 saturated heterocycles. The van der Waals surface area contributed by atoms with E-state index in [1.807, 2.05) is 103 Å². The van der Waals surface area contributed by atoms with Crippen molar-refractivity contribution in [3.63, 3.8) is 0 Å². The normalized spacial score (nSPS) is 13.4. The van der Waals surface area contributed by atoms with Crippen LogP contribution in [0.5, 0.6) is 5.75 Å². The lowest BCUT2D eigenvalue weighted by Gasteiger charge is -2.27. The van der Waals surface area contributed by atoms with Crippen molar-refractivity contribution in [2.24, 2.45) is 0 Å². The zero-order valence-corrected chi connectivity index (χ0v) is 24.3. The Bertz CT molecular complexity index is 1480. The van der Waals surface area contributed by atoms with E-state index in [1.54, 1.807) is 12.0 Å². The van der Waals surface area contributed by atoms with Crippen LogP contribution in [0.2, 0.25) is 0 Å². The van der Waals surface area contributed by atoms with Gasteiger partial charge in [-0.15, -0.1) is 10.2 Å². The minimum atomic E-state index is -0.110. The fourth-order valence-electron chi connectivity index (χ4n) is 5.21. The second-order valence-electron chi connectivity index (χ2n) is 10.5. The van der Waals surface area contributed by atoms with Gasteiger partial charge in [0, 0.05) is 43.9 Å². The number of benzene rings is 3. The number of hydrogen-bond donors (Lipinski definition) is 0. The molecule has 1 fully saturated rings. The van der Waals surface area contributed by atoms with Crippen molar-refractivity contribution in [3.05, 3.63) is 108 Å². The minimum absolute atomic E-state index is 0.0345. The third kappa shape index (κ3) is 7.13. The Balaban J connectivity index is 1.23. The van der Waals surface area contributed by atoms with Crippen molar-refractivity contribution in [3.8, 4) is 17.0 Å². The first kappa shape index (κ1) is 28.8. The van der Waals surface area contributed by atoms with E-state index < -0.39 is 0 Å². The highest BCUT2D eigenvalue weighted by Gasteiger charge is 2.25. The number of anilines is 1. The van der Waals surface area contributed by atoms with Gasteiger partial charge in [0.1, 0.15) is 12.3 Å². The molecule has 1 aromatic heterocycles. The predicted octanol–water partition coefficient (Wildman–Crippen LogP) is 4.88. The molecule has 2 heterocycles. The molecule has 2 amide bonds. The summed E-state index contributed by atoms with van der Waals surface area (Å²) in [6, 6.07) is 29.3. The van der Waals surface area contributed by atoms with Gasteiger partial charge < -0.3 is 19.4 Å². The van der Waals surface area contributed by atoms with Gasteiger partial charge >= 0.3 is 0 Å². The first-order valence-corrected chi connectivity index (χ1v) is 14.4. The Hall–Kier alpha value is -4.72. The number of carbonyl (C=O) groups excluding carboxylic acids is 2. The summed E-state index contributed by atoms with van der Waals surface area (Å²) in [4.78, 5) is 32.9. The van der Waals surface area contributed by atoms with E-state index in [9.17, 15) is 9.59 Å². The molecule has 42 heavy (non-hydrogen) atoms. The van der Waals surface area contributed by atoms with Crippen LogP contribution >= 0.6 is 0 Å². The summed E-state index contributed by atoms with van der Waals surface area (Å²) in [6.45, 7) is 5.08. The SMILES string of the molecule is COc1ccc(-c2ccc(N3CCCN(C(=O)CN(CCc4ccccc4)C(=O)c4ccccc4C)CC3)nn2)cc1. The van der Waals surface area contributed by atoms with Gasteiger partial charge in [0.2, 0.25) is 5.91 Å². The van der Waals surface area contributed by atoms with Crippen molar-refractivity contribution in [2.75, 3.05) is 51.3 Å². The topological polar surface area (TPSA) is 78.9 Å². The van der Waals surface area contributed by atoms with Crippen LogP contribution in [0.25, 0.3) is 11.3 Å². The molecule has 8 heteroatoms. The molecule has 0 N–H and O–H groups in total. The predicted molar refractivity (Wildman–Crippen MR) is 165 cm³/mol. The molecule has 4 aromatic rings. The number of nitrogens with zero attached hydrogens (tertiary/aromatic N) is 5. The molecular weight excluding hydrogens is 526 g/mol. The Kier molecular flexibility index (Phi) is 9.44. The van der Waals surface area contributed by atoms with Crippen molar-refractivity contribution in [1.82, 2.24) is 20.0 Å². The van der Waals surface area contributed by atoms with E-state index in [2.05, 4.69) is 15.1 Å². The van der Waals surface area contributed by atoms with E-state index in [-0.39, 0.29) is 18.4 Å². The van der Waals surface area contributed by atoms with E-state index in [4.69, 9.17) is 4.74 Å². The van der Waals surface area contributed by atoms with Crippen LogP contribution in [-0.4, -0.2) is 78.2 Å². The molecule has 0 saturated carbocycles. The summed E-state index contributed by atoms with van der Waals surface area (Å²) in [5, 5.41) is 8.94. The molecule has 0 unspecified atom stereocenters. The van der Waals surface area contributed by atoms with Gasteiger partial charge in [0.15, 0.2) is 5.82 Å². The van der Waals surface area contributed by atoms with Crippen LogP contribution in [0.3, 0.4) is 0 Å². The monoisotopic (exact) mass is 563 g/mol. The highest BCUT2D eigenvalue weighted by atomic mass is 16.5. The van der Waals surface area contributed by atoms with Crippen LogP contribution in [0, 0.1) is 6.92 Å². The third-order valence-corrected chi connectivity index (χ3v) is 7.71. The molecule has 0 aliphatic carbocycles. The van der Waals surface area contributed by atoms with Gasteiger partial charge in [-0.25, -0.2) is 0 Å². The fraction of sp³-hybridized carbons (Fsp3) is 0.294. The number of carbonyl (C=O) groups is 2. The van der Waals surface area contributed by atoms with Crippen LogP contribution in [0.15, 0.2) is 91.0 Å². The molecule has 216 valence electrons. The lowest BCUT2D eigenvalue weighted by molar-refractivity contribution is -0.131. The summed E-state index contributed by atoms with van der Waals surface area (Å²) >= 11 is 0. The second-order valence-corrected chi connectivity index (χ2v) is 10.5. The average molecular weight is 564 g/mol. The lowest BCUT2D eigenvalue weighted by Crippen LogP contribution is -2.45. The molecule has 3 aromatic carbocycles. The molecule has 8 nitrogen and oxygen atoms in total. The van der Waals surface area contributed by atoms with Gasteiger partial charge in [0.25, 0.3) is 5.91 Å². The van der Waals surface area contributed by atoms with E-state index >= 15 is 0 Å². The van der Waals surface area contributed by atoms with E-state index in [1.165, 1.54) is 0 Å². The van der Waals surface area contributed by atoms with Crippen molar-refractivity contribution < 1.29 is 14.3 Å². The highest BCUT2D eigenvalue weighted by molar-refractivity contribution is 5.97. The summed E-state index contributed by atoms with van der Waals surface area (Å²) in [5.41, 5.74) is 4.44. The molecular formula is C34H37N5O3. The van der Waals surface area contributed by atoms with Crippen molar-refractivity contribution >= 4 is 17.6 Å². The first-order valence-electron chi connectivity index (χ1n) is 14.4. The molecule has 1 aliphatic rings. The molecule has 0 atom stereocenters. The average Bonchev–Trinajstić information content (AvgIpc) is 3.30. The van der Waals surface area contributed by atoms with Crippen LogP contribution in [0.4, 0.5) is 5.82 Å². The number of ether oxygens (including phenoxy) is 1. The van der Waals surface area contributed by atoms with Gasteiger partial charge in [0.05, 0.1) is 12.8 Å². The molecule has 0 bridgehead atoms. The Morgan fingerprint density at radius 1 is 0.833 bits per heavy atom. The number of rotatable bonds is 9.